The van der Waals surface area contributed by atoms with Gasteiger partial charge in [-0.05, 0) is 28.7 Å². The van der Waals surface area contributed by atoms with Gasteiger partial charge in [-0.2, -0.15) is 13.2 Å². The SMILES string of the molecule is O=C(CC(=S)Cc1cccc(C(F)(F)F)c1)c1ccc2c(c1)[nH]o[n+]2=O. The van der Waals surface area contributed by atoms with Gasteiger partial charge in [-0.15, -0.1) is 0 Å². The molecule has 0 aliphatic carbocycles. The lowest BCUT2D eigenvalue weighted by Gasteiger charge is -2.09. The Morgan fingerprint density at radius 1 is 1.19 bits per heavy atom. The van der Waals surface area contributed by atoms with Crippen molar-refractivity contribution in [3.05, 3.63) is 64.1 Å². The second-order valence-electron chi connectivity index (χ2n) is 5.70. The molecule has 0 saturated carbocycles. The van der Waals surface area contributed by atoms with E-state index in [1.807, 2.05) is 0 Å². The topological polar surface area (TPSA) is 69.0 Å². The van der Waals surface area contributed by atoms with Gasteiger partial charge < -0.3 is 0 Å². The van der Waals surface area contributed by atoms with Gasteiger partial charge in [0.1, 0.15) is 0 Å². The first-order valence-corrected chi connectivity index (χ1v) is 7.90. The van der Waals surface area contributed by atoms with Crippen LogP contribution in [0.1, 0.15) is 27.9 Å². The van der Waals surface area contributed by atoms with Gasteiger partial charge in [0.15, 0.2) is 10.4 Å². The van der Waals surface area contributed by atoms with Gasteiger partial charge in [0.05, 0.1) is 5.56 Å². The number of Topliss-reactive ketones (excluding diaryl/α,β-unsaturated/α-hetero) is 1. The molecule has 9 heteroatoms. The first-order chi connectivity index (χ1) is 12.2. The Balaban J connectivity index is 1.71. The number of aromatic nitrogens is 2. The van der Waals surface area contributed by atoms with Crippen LogP contribution in [0.15, 0.2) is 47.1 Å². The van der Waals surface area contributed by atoms with Crippen molar-refractivity contribution in [3.63, 3.8) is 0 Å². The van der Waals surface area contributed by atoms with E-state index in [4.69, 9.17) is 12.2 Å². The number of nitrogens with zero attached hydrogens (tertiary/aromatic N) is 1. The molecule has 3 rings (SSSR count). The molecular formula is C17H12F3N2O3S+. The molecule has 2 aromatic carbocycles. The molecule has 0 saturated heterocycles. The zero-order valence-electron chi connectivity index (χ0n) is 13.2. The summed E-state index contributed by atoms with van der Waals surface area (Å²) in [6.07, 6.45) is -4.43. The summed E-state index contributed by atoms with van der Waals surface area (Å²) in [4.78, 5) is 23.9. The van der Waals surface area contributed by atoms with Crippen LogP contribution in [-0.2, 0) is 12.6 Å². The highest BCUT2D eigenvalue weighted by atomic mass is 32.1. The molecule has 0 bridgehead atoms. The molecule has 3 aromatic rings. The van der Waals surface area contributed by atoms with Crippen LogP contribution in [0.2, 0.25) is 0 Å². The summed E-state index contributed by atoms with van der Waals surface area (Å²) in [5, 5.41) is 2.38. The van der Waals surface area contributed by atoms with E-state index in [1.165, 1.54) is 30.3 Å². The number of nitrogens with one attached hydrogen (secondary N) is 1. The highest BCUT2D eigenvalue weighted by molar-refractivity contribution is 7.80. The van der Waals surface area contributed by atoms with Crippen molar-refractivity contribution in [3.8, 4) is 0 Å². The number of halogens is 3. The van der Waals surface area contributed by atoms with E-state index < -0.39 is 11.7 Å². The Bertz CT molecular complexity index is 1050. The summed E-state index contributed by atoms with van der Waals surface area (Å²) in [6, 6.07) is 9.21. The maximum atomic E-state index is 12.7. The Labute approximate surface area is 150 Å². The van der Waals surface area contributed by atoms with E-state index in [1.54, 1.807) is 0 Å². The van der Waals surface area contributed by atoms with Crippen LogP contribution in [-0.4, -0.2) is 15.8 Å². The molecule has 1 heterocycles. The third-order valence-electron chi connectivity index (χ3n) is 3.77. The predicted molar refractivity (Wildman–Crippen MR) is 90.6 cm³/mol. The number of hydrogen-bond acceptors (Lipinski definition) is 4. The molecule has 0 radical (unpaired) electrons. The molecule has 1 N–H and O–H groups in total. The van der Waals surface area contributed by atoms with Crippen molar-refractivity contribution in [2.45, 2.75) is 19.0 Å². The zero-order chi connectivity index (χ0) is 18.9. The molecule has 0 fully saturated rings. The number of alkyl halides is 3. The normalized spacial score (nSPS) is 11.7. The van der Waals surface area contributed by atoms with Crippen molar-refractivity contribution < 1.29 is 27.2 Å². The van der Waals surface area contributed by atoms with Crippen LogP contribution >= 0.6 is 12.2 Å². The van der Waals surface area contributed by atoms with Crippen molar-refractivity contribution in [2.24, 2.45) is 0 Å². The van der Waals surface area contributed by atoms with Crippen LogP contribution in [0.5, 0.6) is 0 Å². The van der Waals surface area contributed by atoms with Crippen LogP contribution in [0.25, 0.3) is 11.0 Å². The molecule has 0 spiro atoms. The average molecular weight is 381 g/mol. The lowest BCUT2D eigenvalue weighted by Crippen LogP contribution is -2.11. The van der Waals surface area contributed by atoms with E-state index in [2.05, 4.69) is 9.79 Å². The minimum atomic E-state index is -4.43. The molecule has 0 amide bonds. The number of H-pyrrole nitrogens is 1. The maximum absolute atomic E-state index is 12.7. The summed E-state index contributed by atoms with van der Waals surface area (Å²) >= 11 is 5.17. The second kappa shape index (κ2) is 6.83. The van der Waals surface area contributed by atoms with Crippen molar-refractivity contribution in [2.75, 3.05) is 0 Å². The van der Waals surface area contributed by atoms with Gasteiger partial charge in [0.25, 0.3) is 5.52 Å². The number of carbonyl (C=O) groups is 1. The minimum absolute atomic E-state index is 0.0889. The number of rotatable bonds is 5. The van der Waals surface area contributed by atoms with Crippen LogP contribution in [0, 0.1) is 4.91 Å². The monoisotopic (exact) mass is 381 g/mol. The number of ketones is 1. The Hall–Kier alpha value is -2.81. The molecule has 134 valence electrons. The highest BCUT2D eigenvalue weighted by Crippen LogP contribution is 2.29. The molecule has 5 nitrogen and oxygen atoms in total. The van der Waals surface area contributed by atoms with Gasteiger partial charge in [-0.3, -0.25) is 4.79 Å². The second-order valence-corrected chi connectivity index (χ2v) is 6.27. The third-order valence-corrected chi connectivity index (χ3v) is 4.06. The van der Waals surface area contributed by atoms with Gasteiger partial charge in [-0.25, -0.2) is 0 Å². The van der Waals surface area contributed by atoms with Gasteiger partial charge in [0, 0.05) is 29.3 Å². The van der Waals surface area contributed by atoms with E-state index in [9.17, 15) is 22.9 Å². The fraction of sp³-hybridized carbons (Fsp3) is 0.176. The molecule has 0 aliphatic heterocycles. The zero-order valence-corrected chi connectivity index (χ0v) is 14.0. The van der Waals surface area contributed by atoms with E-state index in [-0.39, 0.29) is 28.7 Å². The van der Waals surface area contributed by atoms with Gasteiger partial charge >= 0.3 is 6.18 Å². The van der Waals surface area contributed by atoms with Gasteiger partial charge in [0.2, 0.25) is 5.52 Å². The quantitative estimate of drug-likeness (QED) is 0.538. The summed E-state index contributed by atoms with van der Waals surface area (Å²) in [7, 11) is 0. The summed E-state index contributed by atoms with van der Waals surface area (Å²) in [6.45, 7) is 0. The van der Waals surface area contributed by atoms with Crippen LogP contribution in [0.3, 0.4) is 0 Å². The molecule has 0 aliphatic rings. The Kier molecular flexibility index (Phi) is 4.73. The van der Waals surface area contributed by atoms with Crippen molar-refractivity contribution >= 4 is 33.9 Å². The fourth-order valence-corrected chi connectivity index (χ4v) is 2.82. The van der Waals surface area contributed by atoms with E-state index in [0.29, 0.717) is 21.5 Å². The molecule has 0 unspecified atom stereocenters. The van der Waals surface area contributed by atoms with E-state index >= 15 is 0 Å². The maximum Gasteiger partial charge on any atom is 0.416 e. The molecule has 26 heavy (non-hydrogen) atoms. The number of benzene rings is 2. The molecular weight excluding hydrogens is 369 g/mol. The lowest BCUT2D eigenvalue weighted by atomic mass is 10.0. The summed E-state index contributed by atoms with van der Waals surface area (Å²) in [5.41, 5.74) is 0.559. The lowest BCUT2D eigenvalue weighted by molar-refractivity contribution is -0.692. The number of hydrogen-bond donors (Lipinski definition) is 1. The van der Waals surface area contributed by atoms with Crippen molar-refractivity contribution in [1.29, 1.82) is 0 Å². The smallest absolute Gasteiger partial charge is 0.294 e. The van der Waals surface area contributed by atoms with Crippen molar-refractivity contribution in [1.82, 2.24) is 5.16 Å². The number of carbonyl (C=O) groups excluding carboxylic acids is 1. The summed E-state index contributed by atoms with van der Waals surface area (Å²) in [5.74, 6) is -0.295. The number of fused-ring (bicyclic) bond motifs is 1. The highest BCUT2D eigenvalue weighted by Gasteiger charge is 2.30. The first kappa shape index (κ1) is 18.0. The van der Waals surface area contributed by atoms with E-state index in [0.717, 1.165) is 12.1 Å². The van der Waals surface area contributed by atoms with Gasteiger partial charge in [-0.1, -0.05) is 40.2 Å². The fourth-order valence-electron chi connectivity index (χ4n) is 2.52. The first-order valence-electron chi connectivity index (χ1n) is 7.49. The van der Waals surface area contributed by atoms with Crippen LogP contribution < -0.4 is 4.60 Å². The Morgan fingerprint density at radius 3 is 2.69 bits per heavy atom. The molecule has 0 atom stereocenters. The summed E-state index contributed by atoms with van der Waals surface area (Å²) < 4.78 is 43.1. The predicted octanol–water partition coefficient (Wildman–Crippen LogP) is 3.88. The average Bonchev–Trinajstić information content (AvgIpc) is 2.95. The minimum Gasteiger partial charge on any atom is -0.294 e. The Morgan fingerprint density at radius 2 is 1.96 bits per heavy atom. The molecule has 1 aromatic heterocycles. The number of aromatic amines is 1. The standard InChI is InChI=1S/C17H12F3N2O3S/c18-17(19,20)12-3-1-2-10(6-12)7-13(26)9-16(23)11-4-5-15-14(8-11)21-25-22(15)24/h1-6,8,21H,7,9H2/q+1. The third kappa shape index (κ3) is 3.88. The van der Waals surface area contributed by atoms with Crippen LogP contribution in [0.4, 0.5) is 13.2 Å². The number of thiocarbonyl (C=S) groups is 1. The largest absolute Gasteiger partial charge is 0.416 e.